The van der Waals surface area contributed by atoms with Gasteiger partial charge in [-0.05, 0) is 57.2 Å². The smallest absolute Gasteiger partial charge is 0.191 e. The fourth-order valence-corrected chi connectivity index (χ4v) is 4.67. The second-order valence-corrected chi connectivity index (χ2v) is 8.92. The molecule has 3 heterocycles. The molecule has 0 radical (unpaired) electrons. The van der Waals surface area contributed by atoms with Crippen LogP contribution in [0.3, 0.4) is 0 Å². The lowest BCUT2D eigenvalue weighted by atomic mass is 9.89. The molecule has 2 aliphatic rings. The summed E-state index contributed by atoms with van der Waals surface area (Å²) in [5.41, 5.74) is 2.56. The van der Waals surface area contributed by atoms with Gasteiger partial charge in [0.25, 0.3) is 0 Å². The van der Waals surface area contributed by atoms with Crippen LogP contribution in [0.5, 0.6) is 0 Å². The van der Waals surface area contributed by atoms with Gasteiger partial charge < -0.3 is 20.3 Å². The third-order valence-electron chi connectivity index (χ3n) is 6.49. The van der Waals surface area contributed by atoms with Crippen molar-refractivity contribution in [1.29, 1.82) is 0 Å². The van der Waals surface area contributed by atoms with Crippen LogP contribution in [-0.4, -0.2) is 49.8 Å². The van der Waals surface area contributed by atoms with Crippen molar-refractivity contribution in [1.82, 2.24) is 15.6 Å². The lowest BCUT2D eigenvalue weighted by Gasteiger charge is -2.34. The zero-order valence-electron chi connectivity index (χ0n) is 19.9. The van der Waals surface area contributed by atoms with Crippen molar-refractivity contribution >= 4 is 35.8 Å². The summed E-state index contributed by atoms with van der Waals surface area (Å²) in [6, 6.07) is 15.3. The van der Waals surface area contributed by atoms with E-state index < -0.39 is 0 Å². The summed E-state index contributed by atoms with van der Waals surface area (Å²) in [5, 5.41) is 7.13. The summed E-state index contributed by atoms with van der Waals surface area (Å²) >= 11 is 0. The highest BCUT2D eigenvalue weighted by Gasteiger charge is 2.27. The number of nitrogens with zero attached hydrogens (tertiary/aromatic N) is 3. The summed E-state index contributed by atoms with van der Waals surface area (Å²) in [6.45, 7) is 8.76. The van der Waals surface area contributed by atoms with Crippen LogP contribution in [0.4, 0.5) is 5.82 Å². The highest BCUT2D eigenvalue weighted by molar-refractivity contribution is 14.0. The Morgan fingerprint density at radius 2 is 1.91 bits per heavy atom. The van der Waals surface area contributed by atoms with Gasteiger partial charge in [0.1, 0.15) is 5.82 Å². The molecule has 2 unspecified atom stereocenters. The maximum Gasteiger partial charge on any atom is 0.191 e. The first-order valence-electron chi connectivity index (χ1n) is 12.1. The Hall–Kier alpha value is -1.87. The normalized spacial score (nSPS) is 21.9. The number of aromatic nitrogens is 1. The van der Waals surface area contributed by atoms with E-state index in [-0.39, 0.29) is 30.1 Å². The molecule has 1 aromatic carbocycles. The summed E-state index contributed by atoms with van der Waals surface area (Å²) in [5.74, 6) is 2.41. The van der Waals surface area contributed by atoms with Crippen LogP contribution in [0.15, 0.2) is 53.7 Å². The van der Waals surface area contributed by atoms with E-state index >= 15 is 0 Å². The molecule has 33 heavy (non-hydrogen) atoms. The average Bonchev–Trinajstić information content (AvgIpc) is 2.84. The van der Waals surface area contributed by atoms with Crippen molar-refractivity contribution in [2.24, 2.45) is 10.9 Å². The van der Waals surface area contributed by atoms with Gasteiger partial charge >= 0.3 is 0 Å². The quantitative estimate of drug-likeness (QED) is 0.303. The van der Waals surface area contributed by atoms with E-state index in [4.69, 9.17) is 9.73 Å². The van der Waals surface area contributed by atoms with Gasteiger partial charge in [-0.15, -0.1) is 24.0 Å². The molecule has 2 aliphatic heterocycles. The van der Waals surface area contributed by atoms with Crippen molar-refractivity contribution in [2.75, 3.05) is 37.7 Å². The SMILES string of the molecule is CCNC(=NCC1CCCOC1c1ccc(C)cc1)NC1CCN(c2ccccn2)CC1.I. The number of hydrogen-bond acceptors (Lipinski definition) is 4. The number of piperidine rings is 1. The average molecular weight is 564 g/mol. The van der Waals surface area contributed by atoms with Crippen molar-refractivity contribution in [2.45, 2.75) is 51.7 Å². The Balaban J connectivity index is 0.00000306. The monoisotopic (exact) mass is 563 g/mol. The molecule has 2 atom stereocenters. The molecule has 0 amide bonds. The number of hydrogen-bond donors (Lipinski definition) is 2. The van der Waals surface area contributed by atoms with Gasteiger partial charge in [-0.1, -0.05) is 35.9 Å². The molecule has 4 rings (SSSR count). The minimum atomic E-state index is 0. The second-order valence-electron chi connectivity index (χ2n) is 8.92. The van der Waals surface area contributed by atoms with Crippen LogP contribution in [-0.2, 0) is 4.74 Å². The van der Waals surface area contributed by atoms with Crippen molar-refractivity contribution in [3.05, 3.63) is 59.8 Å². The lowest BCUT2D eigenvalue weighted by Crippen LogP contribution is -2.49. The molecule has 2 aromatic rings. The van der Waals surface area contributed by atoms with E-state index in [0.717, 1.165) is 70.2 Å². The highest BCUT2D eigenvalue weighted by Crippen LogP contribution is 2.34. The van der Waals surface area contributed by atoms with Crippen LogP contribution < -0.4 is 15.5 Å². The summed E-state index contributed by atoms with van der Waals surface area (Å²) < 4.78 is 6.19. The fourth-order valence-electron chi connectivity index (χ4n) is 4.67. The minimum absolute atomic E-state index is 0. The third kappa shape index (κ3) is 7.30. The molecule has 2 saturated heterocycles. The topological polar surface area (TPSA) is 61.8 Å². The number of anilines is 1. The van der Waals surface area contributed by atoms with Gasteiger partial charge in [0, 0.05) is 50.9 Å². The van der Waals surface area contributed by atoms with Gasteiger partial charge in [-0.2, -0.15) is 0 Å². The zero-order valence-corrected chi connectivity index (χ0v) is 22.2. The second kappa shape index (κ2) is 13.1. The van der Waals surface area contributed by atoms with Gasteiger partial charge in [0.2, 0.25) is 0 Å². The van der Waals surface area contributed by atoms with Crippen LogP contribution in [0.2, 0.25) is 0 Å². The highest BCUT2D eigenvalue weighted by atomic mass is 127. The first-order valence-corrected chi connectivity index (χ1v) is 12.1. The molecule has 7 heteroatoms. The van der Waals surface area contributed by atoms with Crippen molar-refractivity contribution in [3.63, 3.8) is 0 Å². The molecular weight excluding hydrogens is 525 g/mol. The van der Waals surface area contributed by atoms with E-state index in [1.807, 2.05) is 12.3 Å². The maximum atomic E-state index is 6.19. The Morgan fingerprint density at radius 3 is 2.61 bits per heavy atom. The first-order chi connectivity index (χ1) is 15.7. The number of benzene rings is 1. The van der Waals surface area contributed by atoms with E-state index in [9.17, 15) is 0 Å². The van der Waals surface area contributed by atoms with Crippen molar-refractivity contribution < 1.29 is 4.74 Å². The number of rotatable bonds is 6. The molecule has 0 spiro atoms. The molecule has 0 saturated carbocycles. The summed E-state index contributed by atoms with van der Waals surface area (Å²) in [6.07, 6.45) is 6.44. The van der Waals surface area contributed by atoms with Crippen LogP contribution in [0.1, 0.15) is 49.8 Å². The van der Waals surface area contributed by atoms with Gasteiger partial charge in [-0.25, -0.2) is 4.98 Å². The maximum absolute atomic E-state index is 6.19. The standard InChI is InChI=1S/C26H37N5O.HI/c1-3-27-26(30-23-13-16-31(17-14-23)24-8-4-5-15-28-24)29-19-22-7-6-18-32-25(22)21-11-9-20(2)10-12-21;/h4-5,8-12,15,22-23,25H,3,6-7,13-14,16-19H2,1-2H3,(H2,27,29,30);1H. The lowest BCUT2D eigenvalue weighted by molar-refractivity contribution is -0.0250. The Labute approximate surface area is 215 Å². The van der Waals surface area contributed by atoms with Crippen LogP contribution in [0, 0.1) is 12.8 Å². The molecule has 0 bridgehead atoms. The fraction of sp³-hybridized carbons (Fsp3) is 0.538. The summed E-state index contributed by atoms with van der Waals surface area (Å²) in [7, 11) is 0. The predicted octanol–water partition coefficient (Wildman–Crippen LogP) is 4.70. The molecule has 6 nitrogen and oxygen atoms in total. The number of ether oxygens (including phenoxy) is 1. The molecule has 180 valence electrons. The predicted molar refractivity (Wildman–Crippen MR) is 147 cm³/mol. The van der Waals surface area contributed by atoms with E-state index in [1.54, 1.807) is 0 Å². The van der Waals surface area contributed by atoms with Gasteiger partial charge in [0.15, 0.2) is 5.96 Å². The molecule has 2 N–H and O–H groups in total. The number of guanidine groups is 1. The van der Waals surface area contributed by atoms with Gasteiger partial charge in [0.05, 0.1) is 6.10 Å². The summed E-state index contributed by atoms with van der Waals surface area (Å²) in [4.78, 5) is 11.9. The Morgan fingerprint density at radius 1 is 1.12 bits per heavy atom. The van der Waals surface area contributed by atoms with Crippen LogP contribution >= 0.6 is 24.0 Å². The molecule has 2 fully saturated rings. The van der Waals surface area contributed by atoms with E-state index in [1.165, 1.54) is 11.1 Å². The third-order valence-corrected chi connectivity index (χ3v) is 6.49. The van der Waals surface area contributed by atoms with E-state index in [0.29, 0.717) is 12.0 Å². The van der Waals surface area contributed by atoms with Crippen LogP contribution in [0.25, 0.3) is 0 Å². The number of nitrogens with one attached hydrogen (secondary N) is 2. The molecule has 1 aromatic heterocycles. The first kappa shape index (κ1) is 25.7. The Kier molecular flexibility index (Phi) is 10.2. The minimum Gasteiger partial charge on any atom is -0.373 e. The van der Waals surface area contributed by atoms with Crippen molar-refractivity contribution in [3.8, 4) is 0 Å². The number of halogens is 1. The Bertz CT molecular complexity index is 853. The molecule has 0 aliphatic carbocycles. The van der Waals surface area contributed by atoms with E-state index in [2.05, 4.69) is 70.8 Å². The number of aliphatic imine (C=N–C) groups is 1. The zero-order chi connectivity index (χ0) is 22.2. The molecular formula is C26H38IN5O. The largest absolute Gasteiger partial charge is 0.373 e. The van der Waals surface area contributed by atoms with Gasteiger partial charge in [-0.3, -0.25) is 4.99 Å². The number of aryl methyl sites for hydroxylation is 1. The number of pyridine rings is 1.